The van der Waals surface area contributed by atoms with Gasteiger partial charge >= 0.3 is 0 Å². The zero-order valence-corrected chi connectivity index (χ0v) is 18.7. The lowest BCUT2D eigenvalue weighted by Gasteiger charge is -2.21. The number of guanidine groups is 1. The molecule has 0 amide bonds. The second-order valence-corrected chi connectivity index (χ2v) is 7.45. The first-order valence-electron chi connectivity index (χ1n) is 9.08. The third-order valence-corrected chi connectivity index (χ3v) is 5.35. The van der Waals surface area contributed by atoms with E-state index >= 15 is 0 Å². The summed E-state index contributed by atoms with van der Waals surface area (Å²) < 4.78 is 0. The first-order valence-corrected chi connectivity index (χ1v) is 10.0. The van der Waals surface area contributed by atoms with E-state index in [4.69, 9.17) is 4.99 Å². The van der Waals surface area contributed by atoms with E-state index < -0.39 is 0 Å². The normalized spacial score (nSPS) is 20.6. The number of nitrogens with one attached hydrogen (secondary N) is 2. The maximum atomic E-state index is 4.74. The quantitative estimate of drug-likeness (QED) is 0.369. The molecule has 2 heterocycles. The standard InChI is InChI=1S/C20H28N4S.HI/c1-3-21-20(22-12-18-9-10-25-15-18)23-19-11-16(2)24(14-19)13-17-7-5-4-6-8-17;/h4-10,15-16,19H,3,11-14H2,1-2H3,(H2,21,22,23);1H. The first kappa shape index (κ1) is 21.2. The van der Waals surface area contributed by atoms with E-state index in [2.05, 4.69) is 76.5 Å². The summed E-state index contributed by atoms with van der Waals surface area (Å²) in [6.45, 7) is 8.11. The van der Waals surface area contributed by atoms with Crippen molar-refractivity contribution in [2.75, 3.05) is 13.1 Å². The summed E-state index contributed by atoms with van der Waals surface area (Å²) in [5, 5.41) is 11.3. The molecule has 3 rings (SSSR count). The second kappa shape index (κ2) is 10.9. The van der Waals surface area contributed by atoms with E-state index in [1.807, 2.05) is 0 Å². The Kier molecular flexibility index (Phi) is 8.87. The van der Waals surface area contributed by atoms with Gasteiger partial charge in [-0.15, -0.1) is 24.0 Å². The number of hydrogen-bond acceptors (Lipinski definition) is 3. The van der Waals surface area contributed by atoms with Gasteiger partial charge in [-0.1, -0.05) is 30.3 Å². The van der Waals surface area contributed by atoms with Gasteiger partial charge in [-0.05, 0) is 48.2 Å². The first-order chi connectivity index (χ1) is 12.2. The van der Waals surface area contributed by atoms with Gasteiger partial charge in [-0.25, -0.2) is 4.99 Å². The Balaban J connectivity index is 0.00000243. The number of halogens is 1. The van der Waals surface area contributed by atoms with Gasteiger partial charge in [-0.2, -0.15) is 11.3 Å². The predicted molar refractivity (Wildman–Crippen MR) is 122 cm³/mol. The number of nitrogens with zero attached hydrogens (tertiary/aromatic N) is 2. The van der Waals surface area contributed by atoms with Gasteiger partial charge in [-0.3, -0.25) is 4.90 Å². The zero-order valence-electron chi connectivity index (χ0n) is 15.5. The number of benzene rings is 1. The summed E-state index contributed by atoms with van der Waals surface area (Å²) in [4.78, 5) is 7.29. The molecule has 0 aliphatic carbocycles. The van der Waals surface area contributed by atoms with Crippen molar-refractivity contribution in [3.8, 4) is 0 Å². The number of rotatable bonds is 6. The lowest BCUT2D eigenvalue weighted by Crippen LogP contribution is -2.44. The van der Waals surface area contributed by atoms with Crippen LogP contribution in [0.15, 0.2) is 52.2 Å². The summed E-state index contributed by atoms with van der Waals surface area (Å²) in [6, 6.07) is 13.9. The van der Waals surface area contributed by atoms with E-state index in [0.29, 0.717) is 12.1 Å². The van der Waals surface area contributed by atoms with E-state index in [-0.39, 0.29) is 24.0 Å². The highest BCUT2D eigenvalue weighted by Crippen LogP contribution is 2.20. The molecule has 0 spiro atoms. The minimum Gasteiger partial charge on any atom is -0.357 e. The second-order valence-electron chi connectivity index (χ2n) is 6.67. The van der Waals surface area contributed by atoms with Gasteiger partial charge in [0.15, 0.2) is 5.96 Å². The molecule has 26 heavy (non-hydrogen) atoms. The molecule has 0 saturated carbocycles. The number of thiophene rings is 1. The maximum Gasteiger partial charge on any atom is 0.191 e. The molecule has 2 atom stereocenters. The minimum atomic E-state index is 0. The maximum absolute atomic E-state index is 4.74. The van der Waals surface area contributed by atoms with E-state index in [1.54, 1.807) is 11.3 Å². The third-order valence-electron chi connectivity index (χ3n) is 4.62. The van der Waals surface area contributed by atoms with Gasteiger partial charge in [0.25, 0.3) is 0 Å². The summed E-state index contributed by atoms with van der Waals surface area (Å²) in [6.07, 6.45) is 1.15. The Morgan fingerprint density at radius 2 is 2.04 bits per heavy atom. The number of aliphatic imine (C=N–C) groups is 1. The highest BCUT2D eigenvalue weighted by atomic mass is 127. The molecule has 2 aromatic rings. The Bertz CT molecular complexity index is 660. The van der Waals surface area contributed by atoms with Crippen LogP contribution in [0.25, 0.3) is 0 Å². The number of likely N-dealkylation sites (tertiary alicyclic amines) is 1. The Labute approximate surface area is 178 Å². The monoisotopic (exact) mass is 484 g/mol. The Morgan fingerprint density at radius 3 is 2.73 bits per heavy atom. The van der Waals surface area contributed by atoms with Crippen molar-refractivity contribution >= 4 is 41.3 Å². The number of hydrogen-bond donors (Lipinski definition) is 2. The van der Waals surface area contributed by atoms with Crippen molar-refractivity contribution < 1.29 is 0 Å². The molecular weight excluding hydrogens is 455 g/mol. The van der Waals surface area contributed by atoms with E-state index in [9.17, 15) is 0 Å². The van der Waals surface area contributed by atoms with Crippen LogP contribution in [0.1, 0.15) is 31.4 Å². The van der Waals surface area contributed by atoms with Crippen LogP contribution in [0, 0.1) is 0 Å². The van der Waals surface area contributed by atoms with Crippen molar-refractivity contribution in [2.24, 2.45) is 4.99 Å². The highest BCUT2D eigenvalue weighted by molar-refractivity contribution is 14.0. The fourth-order valence-electron chi connectivity index (χ4n) is 3.31. The van der Waals surface area contributed by atoms with Crippen molar-refractivity contribution in [2.45, 2.75) is 45.4 Å². The van der Waals surface area contributed by atoms with Crippen molar-refractivity contribution in [3.05, 3.63) is 58.3 Å². The van der Waals surface area contributed by atoms with Crippen LogP contribution >= 0.6 is 35.3 Å². The highest BCUT2D eigenvalue weighted by Gasteiger charge is 2.29. The van der Waals surface area contributed by atoms with Crippen molar-refractivity contribution in [1.29, 1.82) is 0 Å². The molecular formula is C20H29IN4S. The van der Waals surface area contributed by atoms with Crippen LogP contribution in [0.2, 0.25) is 0 Å². The van der Waals surface area contributed by atoms with E-state index in [1.165, 1.54) is 11.1 Å². The Morgan fingerprint density at radius 1 is 1.23 bits per heavy atom. The average Bonchev–Trinajstić information content (AvgIpc) is 3.24. The fraction of sp³-hybridized carbons (Fsp3) is 0.450. The molecule has 1 aliphatic rings. The lowest BCUT2D eigenvalue weighted by molar-refractivity contribution is 0.258. The zero-order chi connectivity index (χ0) is 17.5. The predicted octanol–water partition coefficient (Wildman–Crippen LogP) is 4.08. The third kappa shape index (κ3) is 6.25. The van der Waals surface area contributed by atoms with Crippen molar-refractivity contribution in [1.82, 2.24) is 15.5 Å². The van der Waals surface area contributed by atoms with Gasteiger partial charge < -0.3 is 10.6 Å². The van der Waals surface area contributed by atoms with Crippen LogP contribution in [0.3, 0.4) is 0 Å². The minimum absolute atomic E-state index is 0. The van der Waals surface area contributed by atoms with Crippen LogP contribution in [0.4, 0.5) is 0 Å². The molecule has 0 bridgehead atoms. The van der Waals surface area contributed by atoms with E-state index in [0.717, 1.165) is 38.6 Å². The van der Waals surface area contributed by atoms with Gasteiger partial charge in [0.1, 0.15) is 0 Å². The molecule has 2 N–H and O–H groups in total. The fourth-order valence-corrected chi connectivity index (χ4v) is 3.97. The molecule has 142 valence electrons. The summed E-state index contributed by atoms with van der Waals surface area (Å²) in [5.41, 5.74) is 2.65. The van der Waals surface area contributed by atoms with Crippen LogP contribution in [0.5, 0.6) is 0 Å². The molecule has 2 unspecified atom stereocenters. The molecule has 4 nitrogen and oxygen atoms in total. The summed E-state index contributed by atoms with van der Waals surface area (Å²) in [7, 11) is 0. The van der Waals surface area contributed by atoms with Gasteiger partial charge in [0, 0.05) is 31.7 Å². The summed E-state index contributed by atoms with van der Waals surface area (Å²) in [5.74, 6) is 0.924. The SMILES string of the molecule is CCNC(=NCc1ccsc1)NC1CC(C)N(Cc2ccccc2)C1.I. The topological polar surface area (TPSA) is 39.7 Å². The van der Waals surface area contributed by atoms with Crippen LogP contribution in [-0.2, 0) is 13.1 Å². The van der Waals surface area contributed by atoms with Crippen molar-refractivity contribution in [3.63, 3.8) is 0 Å². The molecule has 0 radical (unpaired) electrons. The lowest BCUT2D eigenvalue weighted by atomic mass is 10.2. The molecule has 6 heteroatoms. The molecule has 1 fully saturated rings. The van der Waals surface area contributed by atoms with Crippen LogP contribution < -0.4 is 10.6 Å². The summed E-state index contributed by atoms with van der Waals surface area (Å²) >= 11 is 1.72. The molecule has 1 aromatic carbocycles. The van der Waals surface area contributed by atoms with Gasteiger partial charge in [0.05, 0.1) is 6.54 Å². The Hall–Kier alpha value is -1.12. The van der Waals surface area contributed by atoms with Gasteiger partial charge in [0.2, 0.25) is 0 Å². The smallest absolute Gasteiger partial charge is 0.191 e. The molecule has 1 aliphatic heterocycles. The average molecular weight is 484 g/mol. The largest absolute Gasteiger partial charge is 0.357 e. The molecule has 1 aromatic heterocycles. The molecule has 1 saturated heterocycles. The van der Waals surface area contributed by atoms with Crippen LogP contribution in [-0.4, -0.2) is 36.0 Å².